The summed E-state index contributed by atoms with van der Waals surface area (Å²) in [6, 6.07) is 15.6. The van der Waals surface area contributed by atoms with Crippen molar-refractivity contribution >= 4 is 28.8 Å². The maximum absolute atomic E-state index is 12.6. The molecule has 0 saturated carbocycles. The number of piperazine rings is 1. The third kappa shape index (κ3) is 5.39. The first kappa shape index (κ1) is 20.8. The highest BCUT2D eigenvalue weighted by Gasteiger charge is 2.14. The van der Waals surface area contributed by atoms with E-state index < -0.39 is 0 Å². The Hall–Kier alpha value is -3.42. The van der Waals surface area contributed by atoms with Gasteiger partial charge in [-0.3, -0.25) is 9.69 Å². The van der Waals surface area contributed by atoms with E-state index in [2.05, 4.69) is 20.9 Å². The Morgan fingerprint density at radius 3 is 2.74 bits per heavy atom. The molecule has 3 aromatic rings. The van der Waals surface area contributed by atoms with Crippen molar-refractivity contribution in [2.45, 2.75) is 13.1 Å². The van der Waals surface area contributed by atoms with E-state index in [4.69, 9.17) is 9.83 Å². The number of rotatable bonds is 8. The molecule has 0 spiro atoms. The van der Waals surface area contributed by atoms with Crippen LogP contribution >= 0.6 is 0 Å². The van der Waals surface area contributed by atoms with Crippen LogP contribution in [0.15, 0.2) is 71.0 Å². The number of nitrogens with one attached hydrogen (secondary N) is 4. The summed E-state index contributed by atoms with van der Waals surface area (Å²) in [5.74, 6) is -0.345. The Bertz CT molecular complexity index is 1070. The molecule has 31 heavy (non-hydrogen) atoms. The molecule has 7 heteroatoms. The van der Waals surface area contributed by atoms with Crippen molar-refractivity contribution in [2.75, 3.05) is 31.5 Å². The highest BCUT2D eigenvalue weighted by Crippen LogP contribution is 2.26. The zero-order valence-corrected chi connectivity index (χ0v) is 17.4. The van der Waals surface area contributed by atoms with Gasteiger partial charge < -0.3 is 25.8 Å². The Kier molecular flexibility index (Phi) is 6.76. The van der Waals surface area contributed by atoms with Crippen LogP contribution in [0.25, 0.3) is 11.0 Å². The molecular weight excluding hydrogens is 390 g/mol. The standard InChI is InChI=1S/C24H27N5O2/c25-13-19(15-27-14-18-4-2-1-3-5-18)24(30)28-21-6-7-22-20(17-31-23(22)12-21)16-29-10-8-26-9-11-29/h1-7,12-13,15,17,25-27H,8-11,14,16H2,(H,28,30)/b19-15+,25-13?. The minimum atomic E-state index is -0.345. The van der Waals surface area contributed by atoms with E-state index in [0.29, 0.717) is 12.2 Å². The molecule has 0 aliphatic carbocycles. The van der Waals surface area contributed by atoms with Crippen LogP contribution in [-0.2, 0) is 17.9 Å². The molecule has 0 atom stereocenters. The number of amides is 1. The predicted octanol–water partition coefficient (Wildman–Crippen LogP) is 3.10. The van der Waals surface area contributed by atoms with Crippen molar-refractivity contribution in [3.8, 4) is 0 Å². The van der Waals surface area contributed by atoms with Crippen molar-refractivity contribution in [2.24, 2.45) is 0 Å². The fourth-order valence-electron chi connectivity index (χ4n) is 3.64. The van der Waals surface area contributed by atoms with Crippen LogP contribution in [0.2, 0.25) is 0 Å². The number of anilines is 1. The molecule has 2 heterocycles. The van der Waals surface area contributed by atoms with Crippen LogP contribution in [0.1, 0.15) is 11.1 Å². The quantitative estimate of drug-likeness (QED) is 0.334. The molecule has 1 aliphatic heterocycles. The number of carbonyl (C=O) groups excluding carboxylic acids is 1. The number of fused-ring (bicyclic) bond motifs is 1. The molecule has 2 aromatic carbocycles. The van der Waals surface area contributed by atoms with Gasteiger partial charge >= 0.3 is 0 Å². The molecule has 160 valence electrons. The lowest BCUT2D eigenvalue weighted by atomic mass is 10.1. The van der Waals surface area contributed by atoms with Gasteiger partial charge in [-0.1, -0.05) is 30.3 Å². The van der Waals surface area contributed by atoms with E-state index in [0.717, 1.165) is 61.0 Å². The number of benzene rings is 2. The maximum Gasteiger partial charge on any atom is 0.258 e. The molecule has 0 bridgehead atoms. The lowest BCUT2D eigenvalue weighted by Crippen LogP contribution is -2.42. The SMILES string of the molecule is N=C/C(=C\NCc1ccccc1)C(=O)Nc1ccc2c(CN3CCNCC3)coc2c1. The van der Waals surface area contributed by atoms with Crippen molar-refractivity contribution < 1.29 is 9.21 Å². The normalized spacial score (nSPS) is 15.0. The van der Waals surface area contributed by atoms with Crippen molar-refractivity contribution in [3.05, 3.63) is 77.7 Å². The highest BCUT2D eigenvalue weighted by molar-refractivity contribution is 6.17. The Morgan fingerprint density at radius 1 is 1.16 bits per heavy atom. The van der Waals surface area contributed by atoms with Crippen LogP contribution in [0.3, 0.4) is 0 Å². The van der Waals surface area contributed by atoms with Crippen LogP contribution in [0, 0.1) is 5.41 Å². The molecule has 7 nitrogen and oxygen atoms in total. The third-order valence-corrected chi connectivity index (χ3v) is 5.34. The van der Waals surface area contributed by atoms with Gasteiger partial charge in [0.1, 0.15) is 5.58 Å². The summed E-state index contributed by atoms with van der Waals surface area (Å²) in [5.41, 5.74) is 3.88. The summed E-state index contributed by atoms with van der Waals surface area (Å²) in [6.45, 7) is 5.51. The monoisotopic (exact) mass is 417 g/mol. The van der Waals surface area contributed by atoms with Crippen LogP contribution in [-0.4, -0.2) is 43.2 Å². The molecule has 1 amide bonds. The number of nitrogens with zero attached hydrogens (tertiary/aromatic N) is 1. The molecule has 1 saturated heterocycles. The van der Waals surface area contributed by atoms with Gasteiger partial charge in [-0.15, -0.1) is 0 Å². The van der Waals surface area contributed by atoms with E-state index >= 15 is 0 Å². The van der Waals surface area contributed by atoms with Crippen molar-refractivity contribution in [1.82, 2.24) is 15.5 Å². The average molecular weight is 418 g/mol. The molecule has 0 unspecified atom stereocenters. The first-order chi connectivity index (χ1) is 15.2. The topological polar surface area (TPSA) is 93.4 Å². The van der Waals surface area contributed by atoms with Gasteiger partial charge in [-0.05, 0) is 17.7 Å². The lowest BCUT2D eigenvalue weighted by molar-refractivity contribution is -0.112. The van der Waals surface area contributed by atoms with E-state index in [1.807, 2.05) is 48.5 Å². The Morgan fingerprint density at radius 2 is 1.97 bits per heavy atom. The van der Waals surface area contributed by atoms with E-state index in [1.54, 1.807) is 12.5 Å². The van der Waals surface area contributed by atoms with Crippen molar-refractivity contribution in [1.29, 1.82) is 5.41 Å². The summed E-state index contributed by atoms with van der Waals surface area (Å²) in [6.07, 6.45) is 4.41. The van der Waals surface area contributed by atoms with Gasteiger partial charge in [0.25, 0.3) is 5.91 Å². The van der Waals surface area contributed by atoms with Gasteiger partial charge in [0.15, 0.2) is 0 Å². The predicted molar refractivity (Wildman–Crippen MR) is 123 cm³/mol. The lowest BCUT2D eigenvalue weighted by Gasteiger charge is -2.26. The zero-order chi connectivity index (χ0) is 21.5. The van der Waals surface area contributed by atoms with Gasteiger partial charge in [0.2, 0.25) is 0 Å². The average Bonchev–Trinajstić information content (AvgIpc) is 3.20. The minimum absolute atomic E-state index is 0.245. The molecule has 1 aromatic heterocycles. The fourth-order valence-corrected chi connectivity index (χ4v) is 3.64. The van der Waals surface area contributed by atoms with Gasteiger partial charge in [0, 0.05) is 74.4 Å². The van der Waals surface area contributed by atoms with Gasteiger partial charge in [-0.25, -0.2) is 0 Å². The second kappa shape index (κ2) is 10.1. The molecule has 1 fully saturated rings. The van der Waals surface area contributed by atoms with Gasteiger partial charge in [0.05, 0.1) is 11.8 Å². The number of carbonyl (C=O) groups is 1. The molecular formula is C24H27N5O2. The summed E-state index contributed by atoms with van der Waals surface area (Å²) in [7, 11) is 0. The molecule has 4 N–H and O–H groups in total. The van der Waals surface area contributed by atoms with E-state index in [-0.39, 0.29) is 11.5 Å². The summed E-state index contributed by atoms with van der Waals surface area (Å²) in [5, 5.41) is 17.9. The van der Waals surface area contributed by atoms with Crippen molar-refractivity contribution in [3.63, 3.8) is 0 Å². The first-order valence-electron chi connectivity index (χ1n) is 10.5. The smallest absolute Gasteiger partial charge is 0.258 e. The molecule has 0 radical (unpaired) electrons. The Labute approximate surface area is 181 Å². The van der Waals surface area contributed by atoms with Crippen LogP contribution in [0.5, 0.6) is 0 Å². The zero-order valence-electron chi connectivity index (χ0n) is 17.4. The highest BCUT2D eigenvalue weighted by atomic mass is 16.3. The molecule has 1 aliphatic rings. The minimum Gasteiger partial charge on any atom is -0.464 e. The summed E-state index contributed by atoms with van der Waals surface area (Å²) >= 11 is 0. The molecule has 4 rings (SSSR count). The van der Waals surface area contributed by atoms with Gasteiger partial charge in [-0.2, -0.15) is 0 Å². The van der Waals surface area contributed by atoms with Crippen LogP contribution in [0.4, 0.5) is 5.69 Å². The number of furan rings is 1. The summed E-state index contributed by atoms with van der Waals surface area (Å²) < 4.78 is 5.75. The second-order valence-corrected chi connectivity index (χ2v) is 7.56. The van der Waals surface area contributed by atoms with E-state index in [9.17, 15) is 4.79 Å². The number of hydrogen-bond acceptors (Lipinski definition) is 6. The van der Waals surface area contributed by atoms with Crippen LogP contribution < -0.4 is 16.0 Å². The largest absolute Gasteiger partial charge is 0.464 e. The second-order valence-electron chi connectivity index (χ2n) is 7.56. The number of hydrogen-bond donors (Lipinski definition) is 4. The first-order valence-corrected chi connectivity index (χ1v) is 10.5. The third-order valence-electron chi connectivity index (χ3n) is 5.34. The summed E-state index contributed by atoms with van der Waals surface area (Å²) in [4.78, 5) is 15.0. The van der Waals surface area contributed by atoms with E-state index in [1.165, 1.54) is 0 Å². The Balaban J connectivity index is 1.39. The maximum atomic E-state index is 12.6. The fraction of sp³-hybridized carbons (Fsp3) is 0.250.